The highest BCUT2D eigenvalue weighted by atomic mass is 127. The number of benzene rings is 3. The van der Waals surface area contributed by atoms with Crippen LogP contribution in [0.25, 0.3) is 22.2 Å². The number of hydrogen-bond donors (Lipinski definition) is 2. The summed E-state index contributed by atoms with van der Waals surface area (Å²) >= 11 is 2.28. The lowest BCUT2D eigenvalue weighted by Crippen LogP contribution is -2.29. The van der Waals surface area contributed by atoms with E-state index in [-0.39, 0.29) is 23.3 Å². The molecule has 0 radical (unpaired) electrons. The molecule has 3 aromatic carbocycles. The molecule has 1 amide bonds. The molecule has 0 saturated carbocycles. The predicted octanol–water partition coefficient (Wildman–Crippen LogP) is 6.09. The van der Waals surface area contributed by atoms with Crippen molar-refractivity contribution in [2.75, 3.05) is 0 Å². The minimum absolute atomic E-state index is 0.102. The topological polar surface area (TPSA) is 62.2 Å². The van der Waals surface area contributed by atoms with E-state index >= 15 is 0 Å². The fourth-order valence-electron chi connectivity index (χ4n) is 3.62. The van der Waals surface area contributed by atoms with Crippen LogP contribution in [0.15, 0.2) is 78.9 Å². The number of nitrogens with zero attached hydrogens (tertiary/aromatic N) is 1. The molecule has 0 bridgehead atoms. The second-order valence-electron chi connectivity index (χ2n) is 7.02. The Labute approximate surface area is 189 Å². The number of pyridine rings is 1. The highest BCUT2D eigenvalue weighted by molar-refractivity contribution is 14.1. The predicted molar refractivity (Wildman–Crippen MR) is 129 cm³/mol. The molecule has 1 unspecified atom stereocenters. The Hall–Kier alpha value is -2.93. The van der Waals surface area contributed by atoms with Gasteiger partial charge in [0.2, 0.25) is 0 Å². The summed E-state index contributed by atoms with van der Waals surface area (Å²) in [7, 11) is 0. The van der Waals surface area contributed by atoms with Crippen LogP contribution in [0, 0.1) is 3.57 Å². The van der Waals surface area contributed by atoms with Crippen LogP contribution in [-0.2, 0) is 0 Å². The Bertz CT molecular complexity index is 1210. The van der Waals surface area contributed by atoms with Crippen molar-refractivity contribution in [3.05, 3.63) is 93.6 Å². The summed E-state index contributed by atoms with van der Waals surface area (Å²) in [6.07, 6.45) is 0.737. The number of para-hydroxylation sites is 1. The molecule has 0 spiro atoms. The van der Waals surface area contributed by atoms with E-state index in [1.807, 2.05) is 85.8 Å². The summed E-state index contributed by atoms with van der Waals surface area (Å²) in [5.74, 6) is -0.412. The molecule has 0 aliphatic rings. The van der Waals surface area contributed by atoms with E-state index in [0.29, 0.717) is 16.6 Å². The van der Waals surface area contributed by atoms with Crippen LogP contribution in [0.4, 0.5) is 0 Å². The van der Waals surface area contributed by atoms with Crippen molar-refractivity contribution in [2.24, 2.45) is 0 Å². The second-order valence-corrected chi connectivity index (χ2v) is 8.19. The van der Waals surface area contributed by atoms with Crippen molar-refractivity contribution in [3.63, 3.8) is 0 Å². The number of carbonyl (C=O) groups is 1. The minimum atomic E-state index is -0.310. The number of aromatic hydroxyl groups is 1. The molecule has 0 fully saturated rings. The van der Waals surface area contributed by atoms with Crippen molar-refractivity contribution in [2.45, 2.75) is 19.4 Å². The zero-order chi connectivity index (χ0) is 21.1. The maximum absolute atomic E-state index is 13.4. The fraction of sp³-hybridized carbons (Fsp3) is 0.120. The van der Waals surface area contributed by atoms with Gasteiger partial charge in [0, 0.05) is 14.5 Å². The van der Waals surface area contributed by atoms with Gasteiger partial charge in [0.05, 0.1) is 17.1 Å². The molecule has 0 aliphatic heterocycles. The molecule has 5 heteroatoms. The van der Waals surface area contributed by atoms with Gasteiger partial charge in [0.1, 0.15) is 5.69 Å². The highest BCUT2D eigenvalue weighted by Gasteiger charge is 2.24. The number of carbonyl (C=O) groups excluding carboxylic acids is 1. The van der Waals surface area contributed by atoms with Crippen LogP contribution in [0.1, 0.15) is 35.3 Å². The van der Waals surface area contributed by atoms with Crippen LogP contribution < -0.4 is 5.32 Å². The summed E-state index contributed by atoms with van der Waals surface area (Å²) < 4.78 is 1.09. The van der Waals surface area contributed by atoms with E-state index in [1.54, 1.807) is 0 Å². The second kappa shape index (κ2) is 8.83. The van der Waals surface area contributed by atoms with Gasteiger partial charge in [-0.1, -0.05) is 73.7 Å². The number of aromatic nitrogens is 1. The van der Waals surface area contributed by atoms with Crippen molar-refractivity contribution >= 4 is 39.4 Å². The molecular formula is C25H21IN2O2. The first-order valence-electron chi connectivity index (χ1n) is 9.82. The van der Waals surface area contributed by atoms with Gasteiger partial charge in [-0.2, -0.15) is 0 Å². The lowest BCUT2D eigenvalue weighted by Gasteiger charge is -2.20. The number of amides is 1. The van der Waals surface area contributed by atoms with Crippen LogP contribution in [0.5, 0.6) is 5.75 Å². The molecule has 1 aromatic heterocycles. The molecule has 4 aromatic rings. The molecule has 30 heavy (non-hydrogen) atoms. The Morgan fingerprint density at radius 1 is 1.00 bits per heavy atom. The van der Waals surface area contributed by atoms with Crippen LogP contribution in [0.2, 0.25) is 0 Å². The lowest BCUT2D eigenvalue weighted by atomic mass is 10.00. The van der Waals surface area contributed by atoms with E-state index < -0.39 is 0 Å². The smallest absolute Gasteiger partial charge is 0.256 e. The standard InChI is InChI=1S/C25H21IN2O2/c1-2-20(17-12-6-8-14-19(17)26)28-25(30)22-18-13-7-9-15-21(18)27-23(24(22)29)16-10-4-3-5-11-16/h3-15,20,29H,2H2,1H3,(H,28,30). The third kappa shape index (κ3) is 3.89. The Morgan fingerprint density at radius 3 is 2.40 bits per heavy atom. The van der Waals surface area contributed by atoms with E-state index in [4.69, 9.17) is 0 Å². The first kappa shape index (κ1) is 20.3. The molecule has 150 valence electrons. The monoisotopic (exact) mass is 508 g/mol. The Morgan fingerprint density at radius 2 is 1.67 bits per heavy atom. The molecule has 1 atom stereocenters. The van der Waals surface area contributed by atoms with Crippen molar-refractivity contribution in [3.8, 4) is 17.0 Å². The number of fused-ring (bicyclic) bond motifs is 1. The average molecular weight is 508 g/mol. The normalized spacial score (nSPS) is 11.9. The zero-order valence-corrected chi connectivity index (χ0v) is 18.6. The Balaban J connectivity index is 1.82. The lowest BCUT2D eigenvalue weighted by molar-refractivity contribution is 0.0934. The SMILES string of the molecule is CCC(NC(=O)c1c(O)c(-c2ccccc2)nc2ccccc12)c1ccccc1I. The van der Waals surface area contributed by atoms with E-state index in [2.05, 4.69) is 32.9 Å². The van der Waals surface area contributed by atoms with Gasteiger partial charge in [-0.3, -0.25) is 4.79 Å². The van der Waals surface area contributed by atoms with Crippen LogP contribution in [-0.4, -0.2) is 16.0 Å². The van der Waals surface area contributed by atoms with E-state index in [1.165, 1.54) is 0 Å². The van der Waals surface area contributed by atoms with Crippen LogP contribution in [0.3, 0.4) is 0 Å². The molecule has 0 aliphatic carbocycles. The number of nitrogens with one attached hydrogen (secondary N) is 1. The summed E-state index contributed by atoms with van der Waals surface area (Å²) in [5, 5.41) is 14.8. The van der Waals surface area contributed by atoms with E-state index in [9.17, 15) is 9.90 Å². The van der Waals surface area contributed by atoms with Gasteiger partial charge in [-0.15, -0.1) is 0 Å². The van der Waals surface area contributed by atoms with Gasteiger partial charge in [0.15, 0.2) is 5.75 Å². The maximum Gasteiger partial charge on any atom is 0.256 e. The Kier molecular flexibility index (Phi) is 5.99. The molecule has 4 rings (SSSR count). The largest absolute Gasteiger partial charge is 0.505 e. The summed E-state index contributed by atoms with van der Waals surface area (Å²) in [6, 6.07) is 24.7. The van der Waals surface area contributed by atoms with Crippen molar-refractivity contribution in [1.29, 1.82) is 0 Å². The summed E-state index contributed by atoms with van der Waals surface area (Å²) in [4.78, 5) is 18.0. The highest BCUT2D eigenvalue weighted by Crippen LogP contribution is 2.35. The summed E-state index contributed by atoms with van der Waals surface area (Å²) in [5.41, 5.74) is 3.15. The summed E-state index contributed by atoms with van der Waals surface area (Å²) in [6.45, 7) is 2.04. The average Bonchev–Trinajstić information content (AvgIpc) is 2.78. The first-order chi connectivity index (χ1) is 14.6. The quantitative estimate of drug-likeness (QED) is 0.321. The first-order valence-corrected chi connectivity index (χ1v) is 10.9. The number of hydrogen-bond acceptors (Lipinski definition) is 3. The zero-order valence-electron chi connectivity index (χ0n) is 16.5. The van der Waals surface area contributed by atoms with Gasteiger partial charge >= 0.3 is 0 Å². The molecule has 4 nitrogen and oxygen atoms in total. The van der Waals surface area contributed by atoms with Gasteiger partial charge in [-0.05, 0) is 46.7 Å². The van der Waals surface area contributed by atoms with Crippen molar-refractivity contribution in [1.82, 2.24) is 10.3 Å². The maximum atomic E-state index is 13.4. The third-order valence-electron chi connectivity index (χ3n) is 5.14. The van der Waals surface area contributed by atoms with E-state index in [0.717, 1.165) is 21.1 Å². The van der Waals surface area contributed by atoms with Gasteiger partial charge < -0.3 is 10.4 Å². The molecular weight excluding hydrogens is 487 g/mol. The van der Waals surface area contributed by atoms with Gasteiger partial charge in [0.25, 0.3) is 5.91 Å². The van der Waals surface area contributed by atoms with Gasteiger partial charge in [-0.25, -0.2) is 4.98 Å². The van der Waals surface area contributed by atoms with Crippen LogP contribution >= 0.6 is 22.6 Å². The third-order valence-corrected chi connectivity index (χ3v) is 6.12. The molecule has 1 heterocycles. The number of halogens is 1. The van der Waals surface area contributed by atoms with Crippen molar-refractivity contribution < 1.29 is 9.90 Å². The number of rotatable bonds is 5. The molecule has 2 N–H and O–H groups in total. The molecule has 0 saturated heterocycles. The fourth-order valence-corrected chi connectivity index (χ4v) is 4.38. The minimum Gasteiger partial charge on any atom is -0.505 e.